The van der Waals surface area contributed by atoms with Gasteiger partial charge in [0.15, 0.2) is 0 Å². The molecule has 2 aliphatic rings. The fraction of sp³-hybridized carbons (Fsp3) is 0.444. The van der Waals surface area contributed by atoms with Gasteiger partial charge in [0.1, 0.15) is 10.7 Å². The number of nitrogens with zero attached hydrogens (tertiary/aromatic N) is 1. The molecule has 154 valence electrons. The van der Waals surface area contributed by atoms with Crippen LogP contribution in [0, 0.1) is 0 Å². The van der Waals surface area contributed by atoms with E-state index in [1.807, 2.05) is 0 Å². The minimum Gasteiger partial charge on any atom is -0.348 e. The van der Waals surface area contributed by atoms with Gasteiger partial charge in [-0.15, -0.1) is 36.2 Å². The molecular formula is C18H20Cl2F3N3OS. The number of halogens is 5. The van der Waals surface area contributed by atoms with Crippen molar-refractivity contribution in [1.82, 2.24) is 15.6 Å². The van der Waals surface area contributed by atoms with E-state index in [0.29, 0.717) is 22.7 Å². The van der Waals surface area contributed by atoms with Gasteiger partial charge in [-0.05, 0) is 37.8 Å². The van der Waals surface area contributed by atoms with Crippen LogP contribution in [0.25, 0.3) is 10.6 Å². The fourth-order valence-corrected chi connectivity index (χ4v) is 4.57. The Morgan fingerprint density at radius 1 is 1.18 bits per heavy atom. The van der Waals surface area contributed by atoms with Crippen molar-refractivity contribution in [2.24, 2.45) is 0 Å². The number of alkyl halides is 3. The van der Waals surface area contributed by atoms with Gasteiger partial charge in [-0.2, -0.15) is 13.2 Å². The number of hydrogen-bond donors (Lipinski definition) is 2. The lowest BCUT2D eigenvalue weighted by atomic mass is 10.00. The van der Waals surface area contributed by atoms with Crippen LogP contribution in [0.5, 0.6) is 0 Å². The summed E-state index contributed by atoms with van der Waals surface area (Å²) < 4.78 is 38.6. The van der Waals surface area contributed by atoms with E-state index >= 15 is 0 Å². The molecule has 0 spiro atoms. The number of rotatable bonds is 3. The zero-order valence-electron chi connectivity index (χ0n) is 14.7. The Bertz CT molecular complexity index is 818. The van der Waals surface area contributed by atoms with E-state index in [0.717, 1.165) is 37.8 Å². The normalized spacial score (nSPS) is 23.5. The predicted molar refractivity (Wildman–Crippen MR) is 107 cm³/mol. The smallest absolute Gasteiger partial charge is 0.348 e. The van der Waals surface area contributed by atoms with E-state index in [1.54, 1.807) is 11.4 Å². The molecule has 2 saturated heterocycles. The second-order valence-corrected chi connectivity index (χ2v) is 7.75. The molecule has 0 aliphatic carbocycles. The molecule has 2 atom stereocenters. The first kappa shape index (κ1) is 22.9. The average Bonchev–Trinajstić information content (AvgIpc) is 3.21. The maximum absolute atomic E-state index is 12.9. The van der Waals surface area contributed by atoms with E-state index in [-0.39, 0.29) is 42.5 Å². The van der Waals surface area contributed by atoms with Crippen molar-refractivity contribution in [3.63, 3.8) is 0 Å². The van der Waals surface area contributed by atoms with E-state index < -0.39 is 11.7 Å². The average molecular weight is 454 g/mol. The minimum atomic E-state index is -4.40. The molecular weight excluding hydrogens is 434 g/mol. The molecule has 1 aromatic carbocycles. The largest absolute Gasteiger partial charge is 0.416 e. The number of thiazole rings is 1. The quantitative estimate of drug-likeness (QED) is 0.708. The first-order chi connectivity index (χ1) is 12.4. The summed E-state index contributed by atoms with van der Waals surface area (Å²) in [6.07, 6.45) is -0.289. The van der Waals surface area contributed by atoms with Crippen LogP contribution in [0.2, 0.25) is 0 Å². The van der Waals surface area contributed by atoms with Gasteiger partial charge in [0.2, 0.25) is 0 Å². The summed E-state index contributed by atoms with van der Waals surface area (Å²) in [6, 6.07) is 6.07. The zero-order valence-corrected chi connectivity index (χ0v) is 17.1. The summed E-state index contributed by atoms with van der Waals surface area (Å²) in [5, 5.41) is 8.55. The van der Waals surface area contributed by atoms with Crippen LogP contribution < -0.4 is 10.6 Å². The number of hydrogen-bond acceptors (Lipinski definition) is 4. The zero-order chi connectivity index (χ0) is 18.3. The SMILES string of the molecule is Cl.Cl.O=C(NC1CC2CCC(C1)N2)c1csc(-c2cccc(C(F)(F)F)c2)n1. The minimum absolute atomic E-state index is 0. The lowest BCUT2D eigenvalue weighted by Crippen LogP contribution is -2.48. The molecule has 1 aromatic heterocycles. The number of carbonyl (C=O) groups excluding carboxylic acids is 1. The van der Waals surface area contributed by atoms with Crippen LogP contribution in [0.15, 0.2) is 29.6 Å². The number of piperidine rings is 1. The summed E-state index contributed by atoms with van der Waals surface area (Å²) in [6.45, 7) is 0. The Hall–Kier alpha value is -1.35. The Morgan fingerprint density at radius 3 is 2.50 bits per heavy atom. The van der Waals surface area contributed by atoms with Gasteiger partial charge in [-0.25, -0.2) is 4.98 Å². The van der Waals surface area contributed by atoms with E-state index in [4.69, 9.17) is 0 Å². The number of amides is 1. The van der Waals surface area contributed by atoms with Crippen molar-refractivity contribution in [3.05, 3.63) is 40.9 Å². The van der Waals surface area contributed by atoms with Gasteiger partial charge in [0, 0.05) is 29.1 Å². The van der Waals surface area contributed by atoms with Gasteiger partial charge >= 0.3 is 6.18 Å². The maximum Gasteiger partial charge on any atom is 0.416 e. The Balaban J connectivity index is 0.00000140. The number of fused-ring (bicyclic) bond motifs is 2. The van der Waals surface area contributed by atoms with E-state index in [9.17, 15) is 18.0 Å². The first-order valence-corrected chi connectivity index (χ1v) is 9.46. The molecule has 1 amide bonds. The molecule has 2 aromatic rings. The summed E-state index contributed by atoms with van der Waals surface area (Å²) in [4.78, 5) is 16.7. The van der Waals surface area contributed by atoms with Crippen LogP contribution in [0.1, 0.15) is 41.7 Å². The van der Waals surface area contributed by atoms with Crippen molar-refractivity contribution in [1.29, 1.82) is 0 Å². The highest BCUT2D eigenvalue weighted by atomic mass is 35.5. The van der Waals surface area contributed by atoms with Crippen LogP contribution >= 0.6 is 36.2 Å². The Morgan fingerprint density at radius 2 is 1.86 bits per heavy atom. The molecule has 2 unspecified atom stereocenters. The predicted octanol–water partition coefficient (Wildman–Crippen LogP) is 4.69. The first-order valence-electron chi connectivity index (χ1n) is 8.58. The standard InChI is InChI=1S/C18H18F3N3OS.2ClH/c19-18(20,21)11-3-1-2-10(6-11)17-24-15(9-26-17)16(25)23-14-7-12-4-5-13(8-14)22-12;;/h1-3,6,9,12-14,22H,4-5,7-8H2,(H,23,25);2*1H. The topological polar surface area (TPSA) is 54.0 Å². The third kappa shape index (κ3) is 4.97. The summed E-state index contributed by atoms with van der Waals surface area (Å²) in [5.41, 5.74) is -0.0986. The van der Waals surface area contributed by atoms with Crippen LogP contribution in [-0.2, 0) is 6.18 Å². The van der Waals surface area contributed by atoms with Crippen LogP contribution in [0.4, 0.5) is 13.2 Å². The molecule has 10 heteroatoms. The van der Waals surface area contributed by atoms with Gasteiger partial charge in [0.05, 0.1) is 5.56 Å². The van der Waals surface area contributed by atoms with Crippen molar-refractivity contribution in [2.75, 3.05) is 0 Å². The third-order valence-corrected chi connectivity index (χ3v) is 5.87. The highest BCUT2D eigenvalue weighted by Gasteiger charge is 2.34. The monoisotopic (exact) mass is 453 g/mol. The lowest BCUT2D eigenvalue weighted by Gasteiger charge is -2.29. The van der Waals surface area contributed by atoms with Crippen molar-refractivity contribution < 1.29 is 18.0 Å². The summed E-state index contributed by atoms with van der Waals surface area (Å²) in [7, 11) is 0. The molecule has 2 bridgehead atoms. The molecule has 4 rings (SSSR count). The Kier molecular flexibility index (Phi) is 7.36. The molecule has 2 fully saturated rings. The molecule has 4 nitrogen and oxygen atoms in total. The third-order valence-electron chi connectivity index (χ3n) is 4.98. The van der Waals surface area contributed by atoms with Crippen molar-refractivity contribution in [2.45, 2.75) is 50.0 Å². The van der Waals surface area contributed by atoms with Crippen LogP contribution in [-0.4, -0.2) is 29.0 Å². The molecule has 0 radical (unpaired) electrons. The Labute approximate surface area is 177 Å². The van der Waals surface area contributed by atoms with E-state index in [1.165, 1.54) is 17.4 Å². The van der Waals surface area contributed by atoms with Gasteiger partial charge in [0.25, 0.3) is 5.91 Å². The molecule has 28 heavy (non-hydrogen) atoms. The molecule has 2 N–H and O–H groups in total. The van der Waals surface area contributed by atoms with E-state index in [2.05, 4.69) is 15.6 Å². The highest BCUT2D eigenvalue weighted by molar-refractivity contribution is 7.13. The highest BCUT2D eigenvalue weighted by Crippen LogP contribution is 2.33. The summed E-state index contributed by atoms with van der Waals surface area (Å²) >= 11 is 1.17. The number of aromatic nitrogens is 1. The molecule has 2 aliphatic heterocycles. The molecule has 0 saturated carbocycles. The van der Waals surface area contributed by atoms with Gasteiger partial charge in [-0.3, -0.25) is 4.79 Å². The maximum atomic E-state index is 12.9. The number of carbonyl (C=O) groups is 1. The second-order valence-electron chi connectivity index (χ2n) is 6.90. The van der Waals surface area contributed by atoms with Gasteiger partial charge in [-0.1, -0.05) is 12.1 Å². The van der Waals surface area contributed by atoms with Crippen LogP contribution in [0.3, 0.4) is 0 Å². The summed E-state index contributed by atoms with van der Waals surface area (Å²) in [5.74, 6) is -0.259. The fourth-order valence-electron chi connectivity index (χ4n) is 3.77. The van der Waals surface area contributed by atoms with Crippen molar-refractivity contribution >= 4 is 42.1 Å². The lowest BCUT2D eigenvalue weighted by molar-refractivity contribution is -0.137. The number of benzene rings is 1. The number of nitrogens with one attached hydrogen (secondary N) is 2. The van der Waals surface area contributed by atoms with Gasteiger partial charge < -0.3 is 10.6 Å². The molecule has 3 heterocycles. The van der Waals surface area contributed by atoms with Crippen molar-refractivity contribution in [3.8, 4) is 10.6 Å². The second kappa shape index (κ2) is 8.98.